The van der Waals surface area contributed by atoms with E-state index in [4.69, 9.17) is 4.74 Å². The van der Waals surface area contributed by atoms with Crippen LogP contribution in [-0.2, 0) is 4.74 Å². The average molecular weight is 368 g/mol. The molecule has 1 unspecified atom stereocenters. The van der Waals surface area contributed by atoms with Gasteiger partial charge in [-0.05, 0) is 55.1 Å². The van der Waals surface area contributed by atoms with E-state index in [0.717, 1.165) is 45.3 Å². The van der Waals surface area contributed by atoms with Crippen LogP contribution in [0.2, 0.25) is 0 Å². The number of ether oxygens (including phenoxy) is 1. The summed E-state index contributed by atoms with van der Waals surface area (Å²) in [6.07, 6.45) is 2.45. The first-order valence-electron chi connectivity index (χ1n) is 10.1. The molecule has 2 aromatic carbocycles. The van der Waals surface area contributed by atoms with Crippen molar-refractivity contribution in [2.75, 3.05) is 45.9 Å². The third-order valence-corrected chi connectivity index (χ3v) is 5.94. The lowest BCUT2D eigenvalue weighted by atomic mass is 9.91. The van der Waals surface area contributed by atoms with E-state index in [0.29, 0.717) is 0 Å². The predicted octanol–water partition coefficient (Wildman–Crippen LogP) is 3.96. The topological polar surface area (TPSA) is 15.7 Å². The van der Waals surface area contributed by atoms with Crippen molar-refractivity contribution < 1.29 is 9.13 Å². The maximum Gasteiger partial charge on any atom is 0.123 e. The molecule has 1 atom stereocenters. The first-order valence-corrected chi connectivity index (χ1v) is 10.1. The second-order valence-corrected chi connectivity index (χ2v) is 7.76. The fraction of sp³-hybridized carbons (Fsp3) is 0.478. The van der Waals surface area contributed by atoms with E-state index in [1.165, 1.54) is 30.5 Å². The Balaban J connectivity index is 1.44. The summed E-state index contributed by atoms with van der Waals surface area (Å²) in [5.41, 5.74) is 2.46. The summed E-state index contributed by atoms with van der Waals surface area (Å²) in [5, 5.41) is 0. The summed E-state index contributed by atoms with van der Waals surface area (Å²) >= 11 is 0. The molecule has 2 saturated heterocycles. The van der Waals surface area contributed by atoms with Crippen LogP contribution < -0.4 is 0 Å². The van der Waals surface area contributed by atoms with E-state index < -0.39 is 0 Å². The van der Waals surface area contributed by atoms with Crippen molar-refractivity contribution in [3.63, 3.8) is 0 Å². The highest BCUT2D eigenvalue weighted by molar-refractivity contribution is 5.32. The van der Waals surface area contributed by atoms with Gasteiger partial charge in [-0.15, -0.1) is 0 Å². The molecule has 0 radical (unpaired) electrons. The van der Waals surface area contributed by atoms with Gasteiger partial charge in [0.05, 0.1) is 19.3 Å². The average Bonchev–Trinajstić information content (AvgIpc) is 2.73. The van der Waals surface area contributed by atoms with E-state index >= 15 is 0 Å². The molecule has 2 aliphatic heterocycles. The summed E-state index contributed by atoms with van der Waals surface area (Å²) in [6.45, 7) is 7.27. The van der Waals surface area contributed by atoms with Crippen molar-refractivity contribution in [3.8, 4) is 0 Å². The highest BCUT2D eigenvalue weighted by atomic mass is 19.1. The van der Waals surface area contributed by atoms with Crippen molar-refractivity contribution in [2.24, 2.45) is 5.92 Å². The number of nitrogens with zero attached hydrogens (tertiary/aromatic N) is 2. The molecule has 0 bridgehead atoms. The molecule has 2 aliphatic rings. The van der Waals surface area contributed by atoms with Gasteiger partial charge in [0.2, 0.25) is 0 Å². The Kier molecular flexibility index (Phi) is 6.17. The van der Waals surface area contributed by atoms with Crippen molar-refractivity contribution >= 4 is 0 Å². The molecule has 0 aromatic heterocycles. The number of benzene rings is 2. The number of hydrogen-bond donors (Lipinski definition) is 0. The van der Waals surface area contributed by atoms with Crippen LogP contribution in [0.5, 0.6) is 0 Å². The Morgan fingerprint density at radius 1 is 0.852 bits per heavy atom. The van der Waals surface area contributed by atoms with Gasteiger partial charge in [0, 0.05) is 19.6 Å². The minimum atomic E-state index is -0.171. The van der Waals surface area contributed by atoms with Gasteiger partial charge >= 0.3 is 0 Å². The fourth-order valence-electron chi connectivity index (χ4n) is 4.44. The first kappa shape index (κ1) is 18.6. The lowest BCUT2D eigenvalue weighted by molar-refractivity contribution is 0.0231. The molecule has 4 heteroatoms. The highest BCUT2D eigenvalue weighted by Crippen LogP contribution is 2.32. The van der Waals surface area contributed by atoms with Gasteiger partial charge in [-0.25, -0.2) is 4.39 Å². The van der Waals surface area contributed by atoms with Crippen molar-refractivity contribution in [3.05, 3.63) is 71.5 Å². The lowest BCUT2D eigenvalue weighted by Gasteiger charge is -2.40. The Morgan fingerprint density at radius 2 is 1.48 bits per heavy atom. The molecular formula is C23H29FN2O. The van der Waals surface area contributed by atoms with Crippen molar-refractivity contribution in [2.45, 2.75) is 18.9 Å². The standard InChI is InChI=1S/C23H29FN2O/c24-22-8-6-21(7-9-22)23(20-4-2-1-3-5-20)26-12-10-19(11-13-26)18-25-14-16-27-17-15-25/h1-9,19,23H,10-18H2. The van der Waals surface area contributed by atoms with Gasteiger partial charge in [0.1, 0.15) is 5.82 Å². The molecule has 0 saturated carbocycles. The van der Waals surface area contributed by atoms with Gasteiger partial charge in [-0.1, -0.05) is 42.5 Å². The number of morpholine rings is 1. The van der Waals surface area contributed by atoms with Crippen LogP contribution in [0.25, 0.3) is 0 Å². The van der Waals surface area contributed by atoms with Crippen molar-refractivity contribution in [1.29, 1.82) is 0 Å². The van der Waals surface area contributed by atoms with Crippen LogP contribution in [0.1, 0.15) is 30.0 Å². The highest BCUT2D eigenvalue weighted by Gasteiger charge is 2.28. The Morgan fingerprint density at radius 3 is 2.15 bits per heavy atom. The Labute approximate surface area is 161 Å². The summed E-state index contributed by atoms with van der Waals surface area (Å²) in [5.74, 6) is 0.596. The number of likely N-dealkylation sites (tertiary alicyclic amines) is 1. The maximum atomic E-state index is 13.4. The Bertz CT molecular complexity index is 692. The molecular weight excluding hydrogens is 339 g/mol. The number of halogens is 1. The van der Waals surface area contributed by atoms with Crippen LogP contribution in [0, 0.1) is 11.7 Å². The molecule has 0 spiro atoms. The normalized spacial score (nSPS) is 21.2. The minimum absolute atomic E-state index is 0.171. The molecule has 2 fully saturated rings. The number of piperidine rings is 1. The van der Waals surface area contributed by atoms with E-state index in [-0.39, 0.29) is 11.9 Å². The molecule has 0 N–H and O–H groups in total. The molecule has 27 heavy (non-hydrogen) atoms. The van der Waals surface area contributed by atoms with Gasteiger partial charge < -0.3 is 4.74 Å². The minimum Gasteiger partial charge on any atom is -0.379 e. The van der Waals surface area contributed by atoms with E-state index in [9.17, 15) is 4.39 Å². The zero-order chi connectivity index (χ0) is 18.5. The van der Waals surface area contributed by atoms with Crippen LogP contribution >= 0.6 is 0 Å². The molecule has 3 nitrogen and oxygen atoms in total. The van der Waals surface area contributed by atoms with Crippen LogP contribution in [0.15, 0.2) is 54.6 Å². The van der Waals surface area contributed by atoms with E-state index in [2.05, 4.69) is 40.1 Å². The summed E-state index contributed by atoms with van der Waals surface area (Å²) in [6, 6.07) is 17.9. The summed E-state index contributed by atoms with van der Waals surface area (Å²) in [7, 11) is 0. The fourth-order valence-corrected chi connectivity index (χ4v) is 4.44. The SMILES string of the molecule is Fc1ccc(C(c2ccccc2)N2CCC(CN3CCOCC3)CC2)cc1. The second-order valence-electron chi connectivity index (χ2n) is 7.76. The van der Waals surface area contributed by atoms with E-state index in [1.54, 1.807) is 12.1 Å². The first-order chi connectivity index (χ1) is 13.3. The van der Waals surface area contributed by atoms with Crippen LogP contribution in [0.3, 0.4) is 0 Å². The molecule has 0 amide bonds. The van der Waals surface area contributed by atoms with Crippen molar-refractivity contribution in [1.82, 2.24) is 9.80 Å². The zero-order valence-electron chi connectivity index (χ0n) is 15.9. The third kappa shape index (κ3) is 4.75. The van der Waals surface area contributed by atoms with E-state index in [1.807, 2.05) is 12.1 Å². The molecule has 2 heterocycles. The Hall–Kier alpha value is -1.75. The summed E-state index contributed by atoms with van der Waals surface area (Å²) in [4.78, 5) is 5.12. The monoisotopic (exact) mass is 368 g/mol. The molecule has 4 rings (SSSR count). The van der Waals surface area contributed by atoms with Gasteiger partial charge in [-0.2, -0.15) is 0 Å². The second kappa shape index (κ2) is 8.96. The van der Waals surface area contributed by atoms with Crippen LogP contribution in [0.4, 0.5) is 4.39 Å². The molecule has 0 aliphatic carbocycles. The number of hydrogen-bond acceptors (Lipinski definition) is 3. The van der Waals surface area contributed by atoms with Gasteiger partial charge in [-0.3, -0.25) is 9.80 Å². The van der Waals surface area contributed by atoms with Gasteiger partial charge in [0.15, 0.2) is 0 Å². The molecule has 2 aromatic rings. The quantitative estimate of drug-likeness (QED) is 0.795. The summed E-state index contributed by atoms with van der Waals surface area (Å²) < 4.78 is 18.9. The van der Waals surface area contributed by atoms with Gasteiger partial charge in [0.25, 0.3) is 0 Å². The zero-order valence-corrected chi connectivity index (χ0v) is 15.9. The maximum absolute atomic E-state index is 13.4. The lowest BCUT2D eigenvalue weighted by Crippen LogP contribution is -2.43. The predicted molar refractivity (Wildman–Crippen MR) is 106 cm³/mol. The smallest absolute Gasteiger partial charge is 0.123 e. The number of rotatable bonds is 5. The third-order valence-electron chi connectivity index (χ3n) is 5.94. The molecule has 144 valence electrons. The largest absolute Gasteiger partial charge is 0.379 e. The van der Waals surface area contributed by atoms with Crippen LogP contribution in [-0.4, -0.2) is 55.7 Å².